The first-order valence-corrected chi connectivity index (χ1v) is 11.0. The van der Waals surface area contributed by atoms with Gasteiger partial charge in [-0.05, 0) is 35.4 Å². The maximum Gasteiger partial charge on any atom is 0.266 e. The lowest BCUT2D eigenvalue weighted by atomic mass is 9.91. The molecule has 1 atom stereocenters. The van der Waals surface area contributed by atoms with Crippen LogP contribution < -0.4 is 10.0 Å². The van der Waals surface area contributed by atoms with E-state index in [1.165, 1.54) is 12.1 Å². The van der Waals surface area contributed by atoms with Crippen LogP contribution in [0.2, 0.25) is 5.02 Å². The van der Waals surface area contributed by atoms with Crippen LogP contribution in [0.3, 0.4) is 0 Å². The molecule has 0 aliphatic carbocycles. The van der Waals surface area contributed by atoms with Crippen LogP contribution in [0.4, 0.5) is 10.1 Å². The van der Waals surface area contributed by atoms with Gasteiger partial charge in [-0.2, -0.15) is 0 Å². The third-order valence-electron chi connectivity index (χ3n) is 4.88. The van der Waals surface area contributed by atoms with E-state index in [9.17, 15) is 12.8 Å². The van der Waals surface area contributed by atoms with Crippen molar-refractivity contribution in [3.05, 3.63) is 88.5 Å². The van der Waals surface area contributed by atoms with Crippen LogP contribution in [0, 0.1) is 5.82 Å². The Kier molecular flexibility index (Phi) is 5.44. The number of anilines is 1. The predicted molar refractivity (Wildman–Crippen MR) is 115 cm³/mol. The molecule has 30 heavy (non-hydrogen) atoms. The van der Waals surface area contributed by atoms with Crippen LogP contribution in [0.5, 0.6) is 0 Å². The molecular weight excluding hydrogens is 427 g/mol. The van der Waals surface area contributed by atoms with E-state index in [1.54, 1.807) is 48.7 Å². The normalized spacial score (nSPS) is 17.0. The van der Waals surface area contributed by atoms with E-state index in [1.807, 2.05) is 6.92 Å². The van der Waals surface area contributed by atoms with Crippen LogP contribution >= 0.6 is 11.6 Å². The molecule has 0 radical (unpaired) electrons. The second-order valence-corrected chi connectivity index (χ2v) is 8.85. The second-order valence-electron chi connectivity index (χ2n) is 6.79. The van der Waals surface area contributed by atoms with Gasteiger partial charge in [-0.25, -0.2) is 22.5 Å². The highest BCUT2D eigenvalue weighted by Gasteiger charge is 2.30. The Morgan fingerprint density at radius 2 is 1.87 bits per heavy atom. The van der Waals surface area contributed by atoms with Gasteiger partial charge >= 0.3 is 0 Å². The van der Waals surface area contributed by atoms with Crippen molar-refractivity contribution < 1.29 is 12.8 Å². The summed E-state index contributed by atoms with van der Waals surface area (Å²) in [5, 5.41) is 3.49. The van der Waals surface area contributed by atoms with Gasteiger partial charge in [-0.3, -0.25) is 4.98 Å². The number of fused-ring (bicyclic) bond motifs is 1. The Labute approximate surface area is 178 Å². The van der Waals surface area contributed by atoms with Crippen LogP contribution in [-0.2, 0) is 16.6 Å². The fourth-order valence-electron chi connectivity index (χ4n) is 3.35. The van der Waals surface area contributed by atoms with Gasteiger partial charge in [0.1, 0.15) is 10.7 Å². The van der Waals surface area contributed by atoms with Crippen molar-refractivity contribution in [3.63, 3.8) is 0 Å². The molecule has 0 bridgehead atoms. The van der Waals surface area contributed by atoms with Gasteiger partial charge in [-0.15, -0.1) is 0 Å². The molecule has 1 aromatic heterocycles. The zero-order valence-electron chi connectivity index (χ0n) is 15.9. The molecule has 1 aliphatic heterocycles. The maximum atomic E-state index is 14.3. The smallest absolute Gasteiger partial charge is 0.266 e. The van der Waals surface area contributed by atoms with Gasteiger partial charge in [0.25, 0.3) is 10.0 Å². The number of sulfonamides is 1. The molecule has 1 aliphatic rings. The number of nitrogens with one attached hydrogen (secondary N) is 2. The molecule has 9 heteroatoms. The highest BCUT2D eigenvalue weighted by atomic mass is 35.5. The summed E-state index contributed by atoms with van der Waals surface area (Å²) in [6.45, 7) is 1.92. The van der Waals surface area contributed by atoms with Crippen molar-refractivity contribution in [1.29, 1.82) is 0 Å². The van der Waals surface area contributed by atoms with Crippen LogP contribution in [-0.4, -0.2) is 19.4 Å². The number of rotatable bonds is 4. The van der Waals surface area contributed by atoms with E-state index in [0.717, 1.165) is 0 Å². The first-order chi connectivity index (χ1) is 14.4. The molecule has 0 spiro atoms. The number of guanidine groups is 1. The second kappa shape index (κ2) is 8.04. The quantitative estimate of drug-likeness (QED) is 0.629. The molecule has 154 valence electrons. The fourth-order valence-corrected chi connectivity index (χ4v) is 4.70. The van der Waals surface area contributed by atoms with Gasteiger partial charge in [-0.1, -0.05) is 48.9 Å². The molecule has 4 rings (SSSR count). The Morgan fingerprint density at radius 1 is 1.10 bits per heavy atom. The average Bonchev–Trinajstić information content (AvgIpc) is 2.72. The van der Waals surface area contributed by atoms with Gasteiger partial charge in [0.2, 0.25) is 5.96 Å². The van der Waals surface area contributed by atoms with Crippen molar-refractivity contribution >= 4 is 33.3 Å². The lowest BCUT2D eigenvalue weighted by Crippen LogP contribution is -2.41. The zero-order valence-corrected chi connectivity index (χ0v) is 17.5. The standard InChI is InChI=1S/C21H18ClFN4O2S/c1-13(14-6-2-3-9-17(14)23)15-7-4-10-19-20(15)26-21(27-30(19,28)29)25-12-18-16(22)8-5-11-24-18/h2-11,13H,12H2,1H3,(H2,25,26,27)/t13-/m1/s1. The Hall–Kier alpha value is -2.97. The van der Waals surface area contributed by atoms with Crippen molar-refractivity contribution in [2.75, 3.05) is 5.32 Å². The predicted octanol–water partition coefficient (Wildman–Crippen LogP) is 4.29. The molecule has 0 fully saturated rings. The highest BCUT2D eigenvalue weighted by molar-refractivity contribution is 7.90. The third kappa shape index (κ3) is 3.88. The van der Waals surface area contributed by atoms with Gasteiger partial charge in [0.15, 0.2) is 0 Å². The first kappa shape index (κ1) is 20.3. The lowest BCUT2D eigenvalue weighted by molar-refractivity contribution is 0.591. The number of pyridine rings is 1. The molecule has 3 aromatic rings. The highest BCUT2D eigenvalue weighted by Crippen LogP contribution is 2.36. The van der Waals surface area contributed by atoms with E-state index in [-0.39, 0.29) is 29.1 Å². The number of nitrogens with zero attached hydrogens (tertiary/aromatic N) is 2. The minimum Gasteiger partial charge on any atom is -0.324 e. The van der Waals surface area contributed by atoms with E-state index in [4.69, 9.17) is 11.6 Å². The molecule has 0 amide bonds. The van der Waals surface area contributed by atoms with E-state index in [2.05, 4.69) is 20.0 Å². The number of halogens is 2. The molecule has 0 unspecified atom stereocenters. The minimum atomic E-state index is -3.84. The van der Waals surface area contributed by atoms with Crippen LogP contribution in [0.25, 0.3) is 0 Å². The Balaban J connectivity index is 1.74. The average molecular weight is 445 g/mol. The topological polar surface area (TPSA) is 83.4 Å². The van der Waals surface area contributed by atoms with Gasteiger partial charge < -0.3 is 5.32 Å². The van der Waals surface area contributed by atoms with Crippen LogP contribution in [0.15, 0.2) is 70.7 Å². The molecule has 2 heterocycles. The molecule has 6 nitrogen and oxygen atoms in total. The molecule has 2 N–H and O–H groups in total. The summed E-state index contributed by atoms with van der Waals surface area (Å²) >= 11 is 6.10. The van der Waals surface area contributed by atoms with Crippen molar-refractivity contribution in [3.8, 4) is 0 Å². The van der Waals surface area contributed by atoms with Crippen molar-refractivity contribution in [2.24, 2.45) is 4.99 Å². The number of aromatic nitrogens is 1. The third-order valence-corrected chi connectivity index (χ3v) is 6.61. The summed E-state index contributed by atoms with van der Waals surface area (Å²) in [5.74, 6) is -0.677. The molecule has 0 saturated carbocycles. The Bertz CT molecular complexity index is 1250. The molecular formula is C21H18ClFN4O2S. The van der Waals surface area contributed by atoms with Gasteiger partial charge in [0.05, 0.1) is 22.9 Å². The lowest BCUT2D eigenvalue weighted by Gasteiger charge is -2.26. The van der Waals surface area contributed by atoms with Crippen molar-refractivity contribution in [1.82, 2.24) is 9.71 Å². The number of hydrogen-bond acceptors (Lipinski definition) is 4. The number of benzene rings is 2. The van der Waals surface area contributed by atoms with E-state index in [0.29, 0.717) is 27.5 Å². The SMILES string of the molecule is C[C@H](c1ccccc1F)c1cccc2c1NC(=NCc1ncccc1Cl)NS2(=O)=O. The maximum absolute atomic E-state index is 14.3. The molecule has 0 saturated heterocycles. The van der Waals surface area contributed by atoms with Crippen LogP contribution in [0.1, 0.15) is 29.7 Å². The Morgan fingerprint density at radius 3 is 2.63 bits per heavy atom. The fraction of sp³-hybridized carbons (Fsp3) is 0.143. The summed E-state index contributed by atoms with van der Waals surface area (Å²) < 4.78 is 42.3. The zero-order chi connectivity index (χ0) is 21.3. The summed E-state index contributed by atoms with van der Waals surface area (Å²) in [5.41, 5.74) is 2.01. The van der Waals surface area contributed by atoms with Gasteiger partial charge in [0, 0.05) is 12.1 Å². The first-order valence-electron chi connectivity index (χ1n) is 9.18. The number of aliphatic imine (C=N–C) groups is 1. The number of para-hydroxylation sites is 1. The monoisotopic (exact) mass is 444 g/mol. The van der Waals surface area contributed by atoms with E-state index < -0.39 is 10.0 Å². The summed E-state index contributed by atoms with van der Waals surface area (Å²) in [6, 6.07) is 14.7. The largest absolute Gasteiger partial charge is 0.324 e. The van der Waals surface area contributed by atoms with Crippen molar-refractivity contribution in [2.45, 2.75) is 24.3 Å². The molecule has 2 aromatic carbocycles. The minimum absolute atomic E-state index is 0.0532. The summed E-state index contributed by atoms with van der Waals surface area (Å²) in [4.78, 5) is 8.53. The number of hydrogen-bond donors (Lipinski definition) is 2. The van der Waals surface area contributed by atoms with E-state index >= 15 is 0 Å². The summed E-state index contributed by atoms with van der Waals surface area (Å²) in [7, 11) is -3.84. The summed E-state index contributed by atoms with van der Waals surface area (Å²) in [6.07, 6.45) is 1.59.